The Morgan fingerprint density at radius 1 is 0.417 bits per heavy atom. The van der Waals surface area contributed by atoms with Crippen LogP contribution in [0.5, 0.6) is 0 Å². The molecule has 3 radical (unpaired) electrons. The highest BCUT2D eigenvalue weighted by Crippen LogP contribution is 2.23. The fraction of sp³-hybridized carbons (Fsp3) is 0.118. The highest BCUT2D eigenvalue weighted by molar-refractivity contribution is 6.73. The highest BCUT2D eigenvalue weighted by Gasteiger charge is 2.18. The lowest BCUT2D eigenvalue weighted by atomic mass is 9.97. The van der Waals surface area contributed by atoms with Crippen LogP contribution in [0.25, 0.3) is 22.3 Å². The lowest BCUT2D eigenvalue weighted by molar-refractivity contribution is 0.941. The molecule has 0 saturated carbocycles. The number of fused-ring (bicyclic) bond motifs is 6. The minimum atomic E-state index is 0.804. The number of hydrogen-bond donors (Lipinski definition) is 0. The largest absolute Gasteiger partial charge is 0.395 e. The van der Waals surface area contributed by atoms with E-state index in [-0.39, 0.29) is 0 Å². The van der Waals surface area contributed by atoms with Gasteiger partial charge in [0.15, 0.2) is 0 Å². The van der Waals surface area contributed by atoms with Crippen molar-refractivity contribution in [2.75, 3.05) is 0 Å². The average molecular weight is 491 g/mol. The van der Waals surface area contributed by atoms with Crippen LogP contribution in [0.2, 0.25) is 0 Å². The van der Waals surface area contributed by atoms with Crippen molar-refractivity contribution < 1.29 is 0 Å². The van der Waals surface area contributed by atoms with Gasteiger partial charge in [-0.1, -0.05) is 131 Å². The third-order valence-electron chi connectivity index (χ3n) is 7.57. The minimum Gasteiger partial charge on any atom is -0.395 e. The third kappa shape index (κ3) is 4.11. The Morgan fingerprint density at radius 3 is 1.72 bits per heavy atom. The second-order valence-corrected chi connectivity index (χ2v) is 12.6. The van der Waals surface area contributed by atoms with Crippen LogP contribution in [0.1, 0.15) is 22.3 Å². The van der Waals surface area contributed by atoms with Gasteiger partial charge in [0, 0.05) is 0 Å². The van der Waals surface area contributed by atoms with Crippen molar-refractivity contribution in [1.82, 2.24) is 0 Å². The van der Waals surface area contributed by atoms with E-state index >= 15 is 0 Å². The van der Waals surface area contributed by atoms with Crippen molar-refractivity contribution in [3.8, 4) is 22.3 Å². The predicted molar refractivity (Wildman–Crippen MR) is 155 cm³/mol. The molecule has 0 aliphatic carbocycles. The summed E-state index contributed by atoms with van der Waals surface area (Å²) in [6, 6.07) is 41.3. The van der Waals surface area contributed by atoms with Crippen LogP contribution in [0, 0.1) is 0 Å². The maximum absolute atomic E-state index is 2.43. The van der Waals surface area contributed by atoms with Gasteiger partial charge in [0.05, 0.1) is 0 Å². The Balaban J connectivity index is 0.985. The Morgan fingerprint density at radius 2 is 0.944 bits per heavy atom. The van der Waals surface area contributed by atoms with Crippen molar-refractivity contribution in [2.45, 2.75) is 25.7 Å². The van der Waals surface area contributed by atoms with Gasteiger partial charge in [-0.05, 0) is 59.1 Å². The van der Waals surface area contributed by atoms with Crippen LogP contribution in [-0.2, 0) is 25.7 Å². The van der Waals surface area contributed by atoms with Gasteiger partial charge in [-0.2, -0.15) is 0 Å². The quantitative estimate of drug-likeness (QED) is 0.301. The molecule has 5 aromatic carbocycles. The molecule has 2 heterocycles. The summed E-state index contributed by atoms with van der Waals surface area (Å²) < 4.78 is 0. The van der Waals surface area contributed by atoms with E-state index in [0.717, 1.165) is 44.7 Å². The van der Waals surface area contributed by atoms with Gasteiger partial charge < -0.3 is 9.52 Å². The Kier molecular flexibility index (Phi) is 5.57. The maximum Gasteiger partial charge on any atom is 0.123 e. The molecule has 0 bridgehead atoms. The lowest BCUT2D eigenvalue weighted by Gasteiger charge is -2.12. The fourth-order valence-corrected chi connectivity index (χ4v) is 8.21. The standard InChI is InChI=1S/C34H26Si2/c1-3-7-31-27(5-1)29-21-25(17-19-33(29)35-31)15-13-23-9-11-24(12-10-23)14-16-26-18-20-34-30(22-26)28-6-2-4-8-32(28)36-34/h1-12,17-22H,13-16H2/q-1. The van der Waals surface area contributed by atoms with Crippen molar-refractivity contribution in [2.24, 2.45) is 0 Å². The molecule has 0 spiro atoms. The van der Waals surface area contributed by atoms with Gasteiger partial charge in [0.1, 0.15) is 9.52 Å². The first-order valence-electron chi connectivity index (χ1n) is 12.9. The maximum atomic E-state index is 2.43. The van der Waals surface area contributed by atoms with E-state index in [2.05, 4.69) is 109 Å². The van der Waals surface area contributed by atoms with E-state index in [1.807, 2.05) is 0 Å². The summed E-state index contributed by atoms with van der Waals surface area (Å²) in [5, 5.41) is 5.98. The second kappa shape index (κ2) is 9.20. The van der Waals surface area contributed by atoms with Crippen LogP contribution in [-0.4, -0.2) is 19.0 Å². The molecular formula is C34H26Si2-. The van der Waals surface area contributed by atoms with E-state index in [1.54, 1.807) is 0 Å². The van der Waals surface area contributed by atoms with Crippen molar-refractivity contribution >= 4 is 39.8 Å². The fourth-order valence-electron chi connectivity index (χ4n) is 5.55. The van der Waals surface area contributed by atoms with E-state index in [1.165, 1.54) is 65.3 Å². The molecule has 2 aliphatic rings. The third-order valence-corrected chi connectivity index (χ3v) is 10.4. The molecular weight excluding hydrogens is 465 g/mol. The number of aryl methyl sites for hydroxylation is 4. The Hall–Kier alpha value is -3.47. The van der Waals surface area contributed by atoms with Gasteiger partial charge in [-0.3, -0.25) is 0 Å². The SMILES string of the molecule is c1ccc2c(c1)[Si]c1ccc(CCc3ccc(CCc4ccc5c(c4)-c4ccccc4[Si-]5)cc3)cc1-2. The zero-order valence-corrected chi connectivity index (χ0v) is 22.2. The van der Waals surface area contributed by atoms with Crippen LogP contribution < -0.4 is 20.7 Å². The van der Waals surface area contributed by atoms with Gasteiger partial charge in [0.25, 0.3) is 0 Å². The molecule has 36 heavy (non-hydrogen) atoms. The molecule has 2 heteroatoms. The first-order chi connectivity index (χ1) is 17.8. The summed E-state index contributed by atoms with van der Waals surface area (Å²) in [5.41, 5.74) is 11.5. The topological polar surface area (TPSA) is 0 Å². The van der Waals surface area contributed by atoms with Gasteiger partial charge in [-0.25, -0.2) is 10.4 Å². The molecule has 7 rings (SSSR count). The molecule has 0 nitrogen and oxygen atoms in total. The summed E-state index contributed by atoms with van der Waals surface area (Å²) in [6.45, 7) is 0. The van der Waals surface area contributed by atoms with Gasteiger partial charge in [-0.15, -0.1) is 0 Å². The summed E-state index contributed by atoms with van der Waals surface area (Å²) >= 11 is 0. The van der Waals surface area contributed by atoms with E-state index in [0.29, 0.717) is 0 Å². The van der Waals surface area contributed by atoms with Crippen molar-refractivity contribution in [3.63, 3.8) is 0 Å². The van der Waals surface area contributed by atoms with Crippen LogP contribution in [0.4, 0.5) is 0 Å². The molecule has 0 aromatic heterocycles. The molecule has 2 aliphatic heterocycles. The van der Waals surface area contributed by atoms with Crippen molar-refractivity contribution in [1.29, 1.82) is 0 Å². The monoisotopic (exact) mass is 490 g/mol. The smallest absolute Gasteiger partial charge is 0.123 e. The number of hydrogen-bond acceptors (Lipinski definition) is 0. The minimum absolute atomic E-state index is 0.804. The van der Waals surface area contributed by atoms with Crippen LogP contribution >= 0.6 is 0 Å². The Labute approximate surface area is 218 Å². The molecule has 0 unspecified atom stereocenters. The van der Waals surface area contributed by atoms with Crippen LogP contribution in [0.15, 0.2) is 109 Å². The highest BCUT2D eigenvalue weighted by atomic mass is 28.2. The summed E-state index contributed by atoms with van der Waals surface area (Å²) in [6.07, 6.45) is 4.37. The molecule has 5 aromatic rings. The second-order valence-electron chi connectivity index (χ2n) is 9.92. The zero-order valence-electron chi connectivity index (χ0n) is 20.2. The first-order valence-corrected chi connectivity index (χ1v) is 14.9. The van der Waals surface area contributed by atoms with Gasteiger partial charge >= 0.3 is 0 Å². The average Bonchev–Trinajstić information content (AvgIpc) is 3.49. The number of benzene rings is 5. The first kappa shape index (κ1) is 21.8. The molecule has 171 valence electrons. The Bertz CT molecular complexity index is 1460. The predicted octanol–water partition coefficient (Wildman–Crippen LogP) is 4.53. The molecule has 0 saturated heterocycles. The van der Waals surface area contributed by atoms with E-state index in [4.69, 9.17) is 0 Å². The van der Waals surface area contributed by atoms with Crippen molar-refractivity contribution in [3.05, 3.63) is 131 Å². The molecule has 0 atom stereocenters. The zero-order chi connectivity index (χ0) is 23.9. The molecule has 0 fully saturated rings. The normalized spacial score (nSPS) is 12.4. The van der Waals surface area contributed by atoms with Crippen LogP contribution in [0.3, 0.4) is 0 Å². The molecule has 0 amide bonds. The molecule has 0 N–H and O–H groups in total. The lowest BCUT2D eigenvalue weighted by Crippen LogP contribution is -2.20. The van der Waals surface area contributed by atoms with E-state index in [9.17, 15) is 0 Å². The van der Waals surface area contributed by atoms with Gasteiger partial charge in [0.2, 0.25) is 0 Å². The summed E-state index contributed by atoms with van der Waals surface area (Å²) in [5.74, 6) is 0. The summed E-state index contributed by atoms with van der Waals surface area (Å²) in [7, 11) is 1.61. The summed E-state index contributed by atoms with van der Waals surface area (Å²) in [4.78, 5) is 0. The number of rotatable bonds is 6. The van der Waals surface area contributed by atoms with E-state index < -0.39 is 0 Å².